The molecule has 8 nitrogen and oxygen atoms in total. The van der Waals surface area contributed by atoms with Crippen LogP contribution in [-0.4, -0.2) is 23.8 Å². The van der Waals surface area contributed by atoms with Gasteiger partial charge in [-0.15, -0.1) is 0 Å². The Labute approximate surface area is 124 Å². The van der Waals surface area contributed by atoms with Crippen molar-refractivity contribution >= 4 is 35.1 Å². The molecular formula is C14H10N2O6-2. The maximum absolute atomic E-state index is 11.3. The van der Waals surface area contributed by atoms with E-state index in [0.29, 0.717) is 23.5 Å². The zero-order chi connectivity index (χ0) is 16.5. The van der Waals surface area contributed by atoms with Gasteiger partial charge in [0.2, 0.25) is 11.8 Å². The summed E-state index contributed by atoms with van der Waals surface area (Å²) in [6.45, 7) is 0. The first-order chi connectivity index (χ1) is 10.4. The first-order valence-corrected chi connectivity index (χ1v) is 5.87. The van der Waals surface area contributed by atoms with Gasteiger partial charge in [-0.1, -0.05) is 0 Å². The van der Waals surface area contributed by atoms with Gasteiger partial charge < -0.3 is 30.4 Å². The Morgan fingerprint density at radius 2 is 1.00 bits per heavy atom. The van der Waals surface area contributed by atoms with E-state index >= 15 is 0 Å². The average molecular weight is 302 g/mol. The van der Waals surface area contributed by atoms with Crippen molar-refractivity contribution in [2.24, 2.45) is 0 Å². The summed E-state index contributed by atoms with van der Waals surface area (Å²) in [6, 6.07) is 5.84. The van der Waals surface area contributed by atoms with Crippen LogP contribution in [0.1, 0.15) is 0 Å². The average Bonchev–Trinajstić information content (AvgIpc) is 2.45. The second kappa shape index (κ2) is 8.00. The Hall–Kier alpha value is -3.42. The Bertz CT molecular complexity index is 589. The van der Waals surface area contributed by atoms with Crippen molar-refractivity contribution < 1.29 is 29.4 Å². The van der Waals surface area contributed by atoms with Crippen LogP contribution >= 0.6 is 0 Å². The van der Waals surface area contributed by atoms with Gasteiger partial charge in [0, 0.05) is 23.5 Å². The molecule has 8 heteroatoms. The second-order valence-electron chi connectivity index (χ2n) is 3.86. The molecule has 114 valence electrons. The van der Waals surface area contributed by atoms with Gasteiger partial charge in [0.25, 0.3) is 0 Å². The number of benzene rings is 1. The summed E-state index contributed by atoms with van der Waals surface area (Å²) in [5.41, 5.74) is 0.743. The van der Waals surface area contributed by atoms with Gasteiger partial charge >= 0.3 is 0 Å². The first kappa shape index (κ1) is 16.6. The third-order valence-electron chi connectivity index (χ3n) is 2.16. The largest absolute Gasteiger partial charge is 0.545 e. The Balaban J connectivity index is 2.59. The van der Waals surface area contributed by atoms with Gasteiger partial charge in [-0.05, 0) is 36.4 Å². The van der Waals surface area contributed by atoms with E-state index in [1.165, 1.54) is 24.3 Å². The lowest BCUT2D eigenvalue weighted by Gasteiger charge is -2.05. The van der Waals surface area contributed by atoms with Crippen LogP contribution in [0.4, 0.5) is 11.4 Å². The van der Waals surface area contributed by atoms with Crippen molar-refractivity contribution in [3.8, 4) is 0 Å². The van der Waals surface area contributed by atoms with Crippen molar-refractivity contribution in [1.29, 1.82) is 0 Å². The zero-order valence-corrected chi connectivity index (χ0v) is 11.1. The summed E-state index contributed by atoms with van der Waals surface area (Å²) in [7, 11) is 0. The van der Waals surface area contributed by atoms with Crippen LogP contribution in [-0.2, 0) is 19.2 Å². The summed E-state index contributed by atoms with van der Waals surface area (Å²) in [5, 5.41) is 25.0. The van der Waals surface area contributed by atoms with Gasteiger partial charge in [0.1, 0.15) is 0 Å². The number of nitrogens with one attached hydrogen (secondary N) is 2. The topological polar surface area (TPSA) is 138 Å². The summed E-state index contributed by atoms with van der Waals surface area (Å²) in [5.74, 6) is -4.29. The summed E-state index contributed by atoms with van der Waals surface area (Å²) >= 11 is 0. The van der Waals surface area contributed by atoms with E-state index in [1.807, 2.05) is 0 Å². The fourth-order valence-electron chi connectivity index (χ4n) is 1.29. The molecule has 0 aliphatic carbocycles. The smallest absolute Gasteiger partial charge is 0.248 e. The van der Waals surface area contributed by atoms with Crippen LogP contribution in [0.3, 0.4) is 0 Å². The minimum absolute atomic E-state index is 0.372. The fraction of sp³-hybridized carbons (Fsp3) is 0. The van der Waals surface area contributed by atoms with Crippen molar-refractivity contribution in [1.82, 2.24) is 0 Å². The highest BCUT2D eigenvalue weighted by Gasteiger charge is 2.00. The number of carboxylic acid groups (broad SMARTS) is 2. The number of hydrogen-bond acceptors (Lipinski definition) is 6. The standard InChI is InChI=1S/C14H12N2O6/c17-11(5-7-13(19)20)15-9-1-2-10(4-3-9)16-12(18)6-8-14(21)22/h1-8H,(H,15,17)(H,16,18)(H,19,20)(H,21,22)/p-2/b7-5+,8-6+. The van der Waals surface area contributed by atoms with Crippen LogP contribution < -0.4 is 20.8 Å². The zero-order valence-electron chi connectivity index (χ0n) is 11.1. The van der Waals surface area contributed by atoms with Crippen molar-refractivity contribution in [3.63, 3.8) is 0 Å². The molecule has 0 heterocycles. The minimum Gasteiger partial charge on any atom is -0.545 e. The van der Waals surface area contributed by atoms with Crippen molar-refractivity contribution in [2.45, 2.75) is 0 Å². The number of aliphatic carboxylic acids is 2. The Morgan fingerprint density at radius 1 is 0.682 bits per heavy atom. The molecule has 2 N–H and O–H groups in total. The molecule has 1 aromatic rings. The minimum atomic E-state index is -1.49. The Kier molecular flexibility index (Phi) is 6.05. The van der Waals surface area contributed by atoms with Gasteiger partial charge in [0.15, 0.2) is 0 Å². The lowest BCUT2D eigenvalue weighted by atomic mass is 10.2. The molecule has 22 heavy (non-hydrogen) atoms. The molecule has 1 rings (SSSR count). The fourth-order valence-corrected chi connectivity index (χ4v) is 1.29. The third kappa shape index (κ3) is 6.66. The molecule has 0 aliphatic heterocycles. The number of rotatable bonds is 6. The second-order valence-corrected chi connectivity index (χ2v) is 3.86. The highest BCUT2D eigenvalue weighted by molar-refractivity contribution is 6.03. The summed E-state index contributed by atoms with van der Waals surface area (Å²) in [6.07, 6.45) is 2.78. The maximum Gasteiger partial charge on any atom is 0.248 e. The number of carbonyl (C=O) groups excluding carboxylic acids is 4. The van der Waals surface area contributed by atoms with Gasteiger partial charge in [-0.3, -0.25) is 9.59 Å². The first-order valence-electron chi connectivity index (χ1n) is 5.87. The molecule has 0 saturated carbocycles. The van der Waals surface area contributed by atoms with E-state index in [2.05, 4.69) is 10.6 Å². The molecule has 0 radical (unpaired) electrons. The number of carboxylic acids is 2. The number of hydrogen-bond donors (Lipinski definition) is 2. The highest BCUT2D eigenvalue weighted by atomic mass is 16.4. The lowest BCUT2D eigenvalue weighted by Crippen LogP contribution is -2.20. The van der Waals surface area contributed by atoms with Gasteiger partial charge in [0.05, 0.1) is 11.9 Å². The van der Waals surface area contributed by atoms with E-state index in [1.54, 1.807) is 0 Å². The molecule has 0 aromatic heterocycles. The van der Waals surface area contributed by atoms with E-state index in [4.69, 9.17) is 0 Å². The van der Waals surface area contributed by atoms with E-state index in [0.717, 1.165) is 12.2 Å². The quantitative estimate of drug-likeness (QED) is 0.593. The van der Waals surface area contributed by atoms with E-state index in [-0.39, 0.29) is 0 Å². The molecule has 0 fully saturated rings. The van der Waals surface area contributed by atoms with Crippen LogP contribution in [0.15, 0.2) is 48.6 Å². The molecule has 0 atom stereocenters. The van der Waals surface area contributed by atoms with Crippen molar-refractivity contribution in [2.75, 3.05) is 10.6 Å². The predicted molar refractivity (Wildman–Crippen MR) is 72.0 cm³/mol. The van der Waals surface area contributed by atoms with Crippen LogP contribution in [0, 0.1) is 0 Å². The van der Waals surface area contributed by atoms with Gasteiger partial charge in [-0.2, -0.15) is 0 Å². The van der Waals surface area contributed by atoms with Crippen LogP contribution in [0.5, 0.6) is 0 Å². The number of carbonyl (C=O) groups is 4. The SMILES string of the molecule is O=C([O-])/C=C/C(=O)Nc1ccc(NC(=O)/C=C/C(=O)[O-])cc1. The number of amides is 2. The van der Waals surface area contributed by atoms with E-state index < -0.39 is 23.8 Å². The predicted octanol–water partition coefficient (Wildman–Crippen LogP) is -1.82. The lowest BCUT2D eigenvalue weighted by molar-refractivity contribution is -0.298. The molecule has 2 amide bonds. The molecular weight excluding hydrogens is 292 g/mol. The molecule has 0 spiro atoms. The van der Waals surface area contributed by atoms with E-state index in [9.17, 15) is 29.4 Å². The molecule has 0 saturated heterocycles. The summed E-state index contributed by atoms with van der Waals surface area (Å²) in [4.78, 5) is 42.9. The normalized spacial score (nSPS) is 10.5. The molecule has 0 unspecified atom stereocenters. The molecule has 1 aromatic carbocycles. The van der Waals surface area contributed by atoms with Crippen LogP contribution in [0.25, 0.3) is 0 Å². The Morgan fingerprint density at radius 3 is 1.27 bits per heavy atom. The molecule has 0 bridgehead atoms. The van der Waals surface area contributed by atoms with Crippen molar-refractivity contribution in [3.05, 3.63) is 48.6 Å². The van der Waals surface area contributed by atoms with Crippen LogP contribution in [0.2, 0.25) is 0 Å². The maximum atomic E-state index is 11.3. The summed E-state index contributed by atoms with van der Waals surface area (Å²) < 4.78 is 0. The highest BCUT2D eigenvalue weighted by Crippen LogP contribution is 2.13. The van der Waals surface area contributed by atoms with Gasteiger partial charge in [-0.25, -0.2) is 0 Å². The monoisotopic (exact) mass is 302 g/mol. The third-order valence-corrected chi connectivity index (χ3v) is 2.16. The molecule has 0 aliphatic rings. The number of anilines is 2.